The van der Waals surface area contributed by atoms with Crippen molar-refractivity contribution in [2.24, 2.45) is 0 Å². The number of hydrogen-bond acceptors (Lipinski definition) is 6. The number of nitrogens with zero attached hydrogens (tertiary/aromatic N) is 1. The highest BCUT2D eigenvalue weighted by Crippen LogP contribution is 2.38. The lowest BCUT2D eigenvalue weighted by molar-refractivity contribution is -0.146. The third kappa shape index (κ3) is 4.44. The summed E-state index contributed by atoms with van der Waals surface area (Å²) in [5.41, 5.74) is 3.27. The zero-order chi connectivity index (χ0) is 20.4. The Balaban J connectivity index is 1.50. The van der Waals surface area contributed by atoms with Crippen LogP contribution in [0.1, 0.15) is 28.7 Å². The fraction of sp³-hybridized carbons (Fsp3) is 0.238. The molecule has 0 N–H and O–H groups in total. The van der Waals surface area contributed by atoms with Crippen molar-refractivity contribution in [3.8, 4) is 5.75 Å². The van der Waals surface area contributed by atoms with E-state index in [1.54, 1.807) is 12.3 Å². The largest absolute Gasteiger partial charge is 0.460 e. The number of carbonyl (C=O) groups is 1. The third-order valence-corrected chi connectivity index (χ3v) is 5.89. The Hall–Kier alpha value is -2.42. The van der Waals surface area contributed by atoms with E-state index in [1.165, 1.54) is 4.57 Å². The molecule has 150 valence electrons. The van der Waals surface area contributed by atoms with Gasteiger partial charge in [0.2, 0.25) is 6.29 Å². The summed E-state index contributed by atoms with van der Waals surface area (Å²) in [4.78, 5) is 23.9. The number of hydrogen-bond donors (Lipinski definition) is 0. The van der Waals surface area contributed by atoms with E-state index in [-0.39, 0.29) is 18.0 Å². The molecule has 4 rings (SSSR count). The molecule has 6 nitrogen and oxygen atoms in total. The highest BCUT2D eigenvalue weighted by atomic mass is 79.9. The van der Waals surface area contributed by atoms with Crippen molar-refractivity contribution < 1.29 is 19.0 Å². The zero-order valence-electron chi connectivity index (χ0n) is 15.6. The second kappa shape index (κ2) is 8.52. The highest BCUT2D eigenvalue weighted by Gasteiger charge is 2.25. The van der Waals surface area contributed by atoms with Gasteiger partial charge in [-0.05, 0) is 19.1 Å². The predicted molar refractivity (Wildman–Crippen MR) is 112 cm³/mol. The van der Waals surface area contributed by atoms with Crippen molar-refractivity contribution >= 4 is 33.2 Å². The molecule has 1 atom stereocenters. The van der Waals surface area contributed by atoms with E-state index in [2.05, 4.69) is 15.9 Å². The minimum atomic E-state index is -0.522. The van der Waals surface area contributed by atoms with Gasteiger partial charge < -0.3 is 14.2 Å². The first-order valence-electron chi connectivity index (χ1n) is 8.96. The van der Waals surface area contributed by atoms with E-state index in [4.69, 9.17) is 14.2 Å². The summed E-state index contributed by atoms with van der Waals surface area (Å²) in [7, 11) is 0. The predicted octanol–water partition coefficient (Wildman–Crippen LogP) is 4.33. The van der Waals surface area contributed by atoms with Gasteiger partial charge in [0.1, 0.15) is 18.9 Å². The van der Waals surface area contributed by atoms with Crippen LogP contribution in [0.5, 0.6) is 5.75 Å². The van der Waals surface area contributed by atoms with E-state index in [0.29, 0.717) is 12.4 Å². The van der Waals surface area contributed by atoms with E-state index in [9.17, 15) is 9.59 Å². The van der Waals surface area contributed by atoms with Crippen molar-refractivity contribution in [3.05, 3.63) is 84.4 Å². The number of halogens is 1. The standard InChI is InChI=1S/C21H18BrNO5S/c1-13-12-29-21(25)23(13)9-18(24)26-10-15-7-17(22)8-16-11-27-20(28-19(15)16)14-5-3-2-4-6-14/h2-8,12,20H,9-11H2,1H3/t20-/m1/s1. The molecular weight excluding hydrogens is 458 g/mol. The molecule has 0 unspecified atom stereocenters. The molecular formula is C21H18BrNO5S. The van der Waals surface area contributed by atoms with Gasteiger partial charge in [0.05, 0.1) is 6.61 Å². The molecule has 8 heteroatoms. The van der Waals surface area contributed by atoms with Gasteiger partial charge >= 0.3 is 10.8 Å². The molecule has 3 aromatic rings. The van der Waals surface area contributed by atoms with Crippen molar-refractivity contribution in [2.75, 3.05) is 0 Å². The molecule has 1 aliphatic heterocycles. The molecule has 29 heavy (non-hydrogen) atoms. The van der Waals surface area contributed by atoms with Gasteiger partial charge in [-0.3, -0.25) is 14.2 Å². The molecule has 0 spiro atoms. The third-order valence-electron chi connectivity index (χ3n) is 4.55. The van der Waals surface area contributed by atoms with Crippen LogP contribution in [0, 0.1) is 6.92 Å². The molecule has 0 fully saturated rings. The van der Waals surface area contributed by atoms with Gasteiger partial charge in [-0.15, -0.1) is 0 Å². The van der Waals surface area contributed by atoms with E-state index < -0.39 is 12.3 Å². The number of rotatable bonds is 5. The van der Waals surface area contributed by atoms with Gasteiger partial charge in [-0.2, -0.15) is 0 Å². The van der Waals surface area contributed by atoms with Crippen molar-refractivity contribution in [1.82, 2.24) is 4.57 Å². The van der Waals surface area contributed by atoms with E-state index in [0.717, 1.165) is 38.2 Å². The topological polar surface area (TPSA) is 66.8 Å². The van der Waals surface area contributed by atoms with Gasteiger partial charge in [-0.25, -0.2) is 0 Å². The summed E-state index contributed by atoms with van der Waals surface area (Å²) in [6.45, 7) is 2.10. The molecule has 0 bridgehead atoms. The molecule has 0 saturated heterocycles. The van der Waals surface area contributed by atoms with Crippen LogP contribution in [0.3, 0.4) is 0 Å². The normalized spacial score (nSPS) is 15.4. The first kappa shape index (κ1) is 19.9. The van der Waals surface area contributed by atoms with Crippen molar-refractivity contribution in [2.45, 2.75) is 33.0 Å². The van der Waals surface area contributed by atoms with Crippen LogP contribution in [0.25, 0.3) is 0 Å². The minimum absolute atomic E-state index is 0.0417. The lowest BCUT2D eigenvalue weighted by atomic mass is 10.1. The number of thiazole rings is 1. The van der Waals surface area contributed by atoms with Gasteiger partial charge in [0, 0.05) is 32.2 Å². The van der Waals surface area contributed by atoms with Gasteiger partial charge in [-0.1, -0.05) is 57.6 Å². The number of fused-ring (bicyclic) bond motifs is 1. The number of aromatic nitrogens is 1. The molecule has 1 aliphatic rings. The first-order valence-corrected chi connectivity index (χ1v) is 10.6. The first-order chi connectivity index (χ1) is 14.0. The van der Waals surface area contributed by atoms with Crippen LogP contribution < -0.4 is 9.61 Å². The molecule has 2 heterocycles. The quantitative estimate of drug-likeness (QED) is 0.513. The Bertz CT molecular complexity index is 1090. The fourth-order valence-electron chi connectivity index (χ4n) is 3.09. The highest BCUT2D eigenvalue weighted by molar-refractivity contribution is 9.10. The molecule has 1 aromatic heterocycles. The Kier molecular flexibility index (Phi) is 5.84. The summed E-state index contributed by atoms with van der Waals surface area (Å²) in [6.07, 6.45) is -0.522. The summed E-state index contributed by atoms with van der Waals surface area (Å²) < 4.78 is 19.6. The number of aryl methyl sites for hydroxylation is 1. The number of benzene rings is 2. The Morgan fingerprint density at radius 1 is 1.31 bits per heavy atom. The van der Waals surface area contributed by atoms with Crippen LogP contribution in [0.15, 0.2) is 57.1 Å². The molecule has 0 saturated carbocycles. The van der Waals surface area contributed by atoms with Gasteiger partial charge in [0.15, 0.2) is 0 Å². The Labute approximate surface area is 179 Å². The Morgan fingerprint density at radius 2 is 2.10 bits per heavy atom. The lowest BCUT2D eigenvalue weighted by Gasteiger charge is -2.28. The number of esters is 1. The van der Waals surface area contributed by atoms with Crippen LogP contribution >= 0.6 is 27.3 Å². The monoisotopic (exact) mass is 475 g/mol. The number of ether oxygens (including phenoxy) is 3. The van der Waals surface area contributed by atoms with Crippen molar-refractivity contribution in [1.29, 1.82) is 0 Å². The van der Waals surface area contributed by atoms with E-state index in [1.807, 2.05) is 42.5 Å². The number of carbonyl (C=O) groups excluding carboxylic acids is 1. The zero-order valence-corrected chi connectivity index (χ0v) is 18.0. The van der Waals surface area contributed by atoms with Gasteiger partial charge in [0.25, 0.3) is 0 Å². The summed E-state index contributed by atoms with van der Waals surface area (Å²) in [5, 5.41) is 1.72. The fourth-order valence-corrected chi connectivity index (χ4v) is 4.37. The summed E-state index contributed by atoms with van der Waals surface area (Å²) >= 11 is 4.55. The van der Waals surface area contributed by atoms with Crippen LogP contribution in [-0.4, -0.2) is 10.5 Å². The van der Waals surface area contributed by atoms with Crippen LogP contribution in [0.2, 0.25) is 0 Å². The smallest absolute Gasteiger partial charge is 0.326 e. The van der Waals surface area contributed by atoms with Crippen molar-refractivity contribution in [3.63, 3.8) is 0 Å². The maximum Gasteiger partial charge on any atom is 0.326 e. The molecule has 2 aromatic carbocycles. The SMILES string of the molecule is Cc1csc(=O)n1CC(=O)OCc1cc(Br)cc2c1O[C@H](c1ccccc1)OC2. The maximum atomic E-state index is 12.3. The minimum Gasteiger partial charge on any atom is -0.460 e. The second-order valence-corrected chi connectivity index (χ2v) is 8.35. The maximum absolute atomic E-state index is 12.3. The summed E-state index contributed by atoms with van der Waals surface area (Å²) in [6, 6.07) is 13.5. The molecule has 0 radical (unpaired) electrons. The van der Waals surface area contributed by atoms with Crippen LogP contribution in [-0.2, 0) is 34.0 Å². The van der Waals surface area contributed by atoms with E-state index >= 15 is 0 Å². The molecule has 0 amide bonds. The van der Waals surface area contributed by atoms with Crippen LogP contribution in [0.4, 0.5) is 0 Å². The summed E-state index contributed by atoms with van der Waals surface area (Å²) in [5.74, 6) is 0.180. The average molecular weight is 476 g/mol. The molecule has 0 aliphatic carbocycles. The Morgan fingerprint density at radius 3 is 2.83 bits per heavy atom. The second-order valence-electron chi connectivity index (χ2n) is 6.61. The lowest BCUT2D eigenvalue weighted by Crippen LogP contribution is -2.22. The average Bonchev–Trinajstić information content (AvgIpc) is 3.04.